The molecule has 3 heterocycles. The summed E-state index contributed by atoms with van der Waals surface area (Å²) < 4.78 is 6.51. The standard InChI is InChI=1S/C12H16N6O6/c1-12(22)7(20)4(2-19)24-11(12)18-10-5(6(16-18)8(13)21)9(17-23)14-3-15-10/h3-4,7,11,19-20,22-23H,2H2,1H3,(H2,13,21)(H,14,15,17)/t4?,7?,11?,12-/m1/s1. The van der Waals surface area contributed by atoms with E-state index in [-0.39, 0.29) is 22.5 Å². The molecule has 1 aliphatic heterocycles. The Morgan fingerprint density at radius 2 is 2.25 bits per heavy atom. The molecule has 1 fully saturated rings. The first-order chi connectivity index (χ1) is 11.3. The smallest absolute Gasteiger partial charge is 0.270 e. The second-order valence-corrected chi connectivity index (χ2v) is 5.57. The van der Waals surface area contributed by atoms with E-state index in [0.717, 1.165) is 11.0 Å². The minimum absolute atomic E-state index is 0.0221. The number of nitrogens with zero attached hydrogens (tertiary/aromatic N) is 4. The number of nitrogens with one attached hydrogen (secondary N) is 1. The van der Waals surface area contributed by atoms with Crippen molar-refractivity contribution in [1.29, 1.82) is 0 Å². The molecule has 12 nitrogen and oxygen atoms in total. The fraction of sp³-hybridized carbons (Fsp3) is 0.500. The summed E-state index contributed by atoms with van der Waals surface area (Å²) in [6.07, 6.45) is -2.63. The molecule has 0 spiro atoms. The average Bonchev–Trinajstić information content (AvgIpc) is 3.04. The van der Waals surface area contributed by atoms with Gasteiger partial charge in [0, 0.05) is 0 Å². The molecule has 1 amide bonds. The third-order valence-corrected chi connectivity index (χ3v) is 3.98. The van der Waals surface area contributed by atoms with Gasteiger partial charge in [-0.3, -0.25) is 15.5 Å². The summed E-state index contributed by atoms with van der Waals surface area (Å²) in [4.78, 5) is 19.4. The van der Waals surface area contributed by atoms with E-state index in [1.54, 1.807) is 0 Å². The van der Waals surface area contributed by atoms with E-state index >= 15 is 0 Å². The molecule has 0 bridgehead atoms. The Balaban J connectivity index is 2.23. The predicted octanol–water partition coefficient (Wildman–Crippen LogP) is -2.27. The largest absolute Gasteiger partial charge is 0.394 e. The Labute approximate surface area is 134 Å². The zero-order valence-electron chi connectivity index (χ0n) is 12.5. The Morgan fingerprint density at radius 1 is 1.54 bits per heavy atom. The minimum Gasteiger partial charge on any atom is -0.394 e. The van der Waals surface area contributed by atoms with Crippen molar-refractivity contribution in [3.05, 3.63) is 12.0 Å². The number of hydrogen-bond acceptors (Lipinski definition) is 10. The van der Waals surface area contributed by atoms with Crippen molar-refractivity contribution in [3.63, 3.8) is 0 Å². The van der Waals surface area contributed by atoms with Crippen LogP contribution in [0.3, 0.4) is 0 Å². The van der Waals surface area contributed by atoms with E-state index < -0.39 is 36.6 Å². The molecule has 2 aromatic rings. The predicted molar refractivity (Wildman–Crippen MR) is 76.9 cm³/mol. The highest BCUT2D eigenvalue weighted by Crippen LogP contribution is 2.39. The highest BCUT2D eigenvalue weighted by molar-refractivity contribution is 6.07. The number of aliphatic hydroxyl groups is 3. The molecule has 130 valence electrons. The molecule has 1 saturated heterocycles. The number of primary amides is 1. The second kappa shape index (κ2) is 5.61. The molecule has 1 aliphatic rings. The van der Waals surface area contributed by atoms with Crippen LogP contribution in [0.15, 0.2) is 6.33 Å². The lowest BCUT2D eigenvalue weighted by Gasteiger charge is -2.26. The number of nitrogens with two attached hydrogens (primary N) is 1. The van der Waals surface area contributed by atoms with Gasteiger partial charge < -0.3 is 25.8 Å². The normalized spacial score (nSPS) is 30.0. The number of ether oxygens (including phenoxy) is 1. The van der Waals surface area contributed by atoms with E-state index in [0.29, 0.717) is 0 Å². The van der Waals surface area contributed by atoms with Crippen LogP contribution in [0, 0.1) is 0 Å². The number of hydrogen-bond donors (Lipinski definition) is 6. The maximum Gasteiger partial charge on any atom is 0.270 e. The Kier molecular flexibility index (Phi) is 3.85. The van der Waals surface area contributed by atoms with E-state index in [9.17, 15) is 20.1 Å². The summed E-state index contributed by atoms with van der Waals surface area (Å²) in [7, 11) is 0. The molecule has 3 unspecified atom stereocenters. The van der Waals surface area contributed by atoms with Crippen molar-refractivity contribution in [2.24, 2.45) is 5.73 Å². The molecule has 0 radical (unpaired) electrons. The third kappa shape index (κ3) is 2.20. The van der Waals surface area contributed by atoms with Gasteiger partial charge in [0.05, 0.1) is 12.0 Å². The van der Waals surface area contributed by atoms with Gasteiger partial charge in [0.15, 0.2) is 23.4 Å². The molecular formula is C12H16N6O6. The Morgan fingerprint density at radius 3 is 2.79 bits per heavy atom. The molecular weight excluding hydrogens is 324 g/mol. The third-order valence-electron chi connectivity index (χ3n) is 3.98. The molecule has 12 heteroatoms. The Hall–Kier alpha value is -2.38. The molecule has 3 rings (SSSR count). The highest BCUT2D eigenvalue weighted by atomic mass is 16.6. The average molecular weight is 340 g/mol. The molecule has 0 aromatic carbocycles. The van der Waals surface area contributed by atoms with Crippen LogP contribution in [0.4, 0.5) is 5.82 Å². The van der Waals surface area contributed by atoms with Crippen molar-refractivity contribution in [2.45, 2.75) is 31.0 Å². The molecule has 0 aliphatic carbocycles. The lowest BCUT2D eigenvalue weighted by molar-refractivity contribution is -0.100. The molecule has 2 aromatic heterocycles. The van der Waals surface area contributed by atoms with Gasteiger partial charge in [-0.05, 0) is 6.92 Å². The first-order valence-corrected chi connectivity index (χ1v) is 6.92. The van der Waals surface area contributed by atoms with Crippen LogP contribution >= 0.6 is 0 Å². The van der Waals surface area contributed by atoms with E-state index in [2.05, 4.69) is 15.1 Å². The van der Waals surface area contributed by atoms with Gasteiger partial charge in [0.2, 0.25) is 0 Å². The van der Waals surface area contributed by atoms with Crippen LogP contribution in [-0.4, -0.2) is 70.6 Å². The van der Waals surface area contributed by atoms with Crippen LogP contribution in [0.5, 0.6) is 0 Å². The minimum atomic E-state index is -1.83. The summed E-state index contributed by atoms with van der Waals surface area (Å²) in [5, 5.41) is 43.0. The lowest BCUT2D eigenvalue weighted by atomic mass is 9.97. The van der Waals surface area contributed by atoms with Crippen LogP contribution in [-0.2, 0) is 4.74 Å². The first kappa shape index (κ1) is 16.5. The number of fused-ring (bicyclic) bond motifs is 1. The van der Waals surface area contributed by atoms with Crippen molar-refractivity contribution >= 4 is 22.8 Å². The number of rotatable bonds is 4. The van der Waals surface area contributed by atoms with Gasteiger partial charge in [-0.25, -0.2) is 14.6 Å². The summed E-state index contributed by atoms with van der Waals surface area (Å²) in [6.45, 7) is 0.760. The van der Waals surface area contributed by atoms with E-state index in [1.807, 2.05) is 5.48 Å². The van der Waals surface area contributed by atoms with Gasteiger partial charge in [0.25, 0.3) is 5.91 Å². The summed E-state index contributed by atoms with van der Waals surface area (Å²) in [5.41, 5.74) is 5.04. The van der Waals surface area contributed by atoms with Crippen LogP contribution in [0.25, 0.3) is 11.0 Å². The molecule has 0 saturated carbocycles. The van der Waals surface area contributed by atoms with E-state index in [4.69, 9.17) is 15.7 Å². The number of aromatic nitrogens is 4. The maximum absolute atomic E-state index is 11.6. The van der Waals surface area contributed by atoms with Gasteiger partial charge >= 0.3 is 0 Å². The second-order valence-electron chi connectivity index (χ2n) is 5.57. The topological polar surface area (TPSA) is 189 Å². The zero-order valence-corrected chi connectivity index (χ0v) is 12.5. The Bertz CT molecular complexity index is 792. The van der Waals surface area contributed by atoms with Gasteiger partial charge in [-0.1, -0.05) is 0 Å². The lowest BCUT2D eigenvalue weighted by Crippen LogP contribution is -2.44. The molecule has 24 heavy (non-hydrogen) atoms. The number of carbonyl (C=O) groups excluding carboxylic acids is 1. The highest BCUT2D eigenvalue weighted by Gasteiger charge is 2.54. The fourth-order valence-electron chi connectivity index (χ4n) is 2.74. The van der Waals surface area contributed by atoms with Crippen molar-refractivity contribution < 1.29 is 30.1 Å². The zero-order chi connectivity index (χ0) is 17.6. The van der Waals surface area contributed by atoms with Crippen molar-refractivity contribution in [3.8, 4) is 0 Å². The summed E-state index contributed by atoms with van der Waals surface area (Å²) in [6, 6.07) is 0. The quantitative estimate of drug-likeness (QED) is 0.331. The van der Waals surface area contributed by atoms with Gasteiger partial charge in [-0.15, -0.1) is 0 Å². The number of aliphatic hydroxyl groups excluding tert-OH is 2. The molecule has 4 atom stereocenters. The summed E-state index contributed by atoms with van der Waals surface area (Å²) in [5.74, 6) is -1.03. The summed E-state index contributed by atoms with van der Waals surface area (Å²) >= 11 is 0. The van der Waals surface area contributed by atoms with Crippen LogP contribution < -0.4 is 11.2 Å². The monoisotopic (exact) mass is 340 g/mol. The fourth-order valence-corrected chi connectivity index (χ4v) is 2.74. The van der Waals surface area contributed by atoms with E-state index in [1.165, 1.54) is 6.92 Å². The number of anilines is 1. The van der Waals surface area contributed by atoms with Crippen molar-refractivity contribution in [2.75, 3.05) is 12.1 Å². The molecule has 7 N–H and O–H groups in total. The number of carbonyl (C=O) groups is 1. The first-order valence-electron chi connectivity index (χ1n) is 6.92. The van der Waals surface area contributed by atoms with Crippen LogP contribution in [0.2, 0.25) is 0 Å². The van der Waals surface area contributed by atoms with Gasteiger partial charge in [0.1, 0.15) is 24.1 Å². The van der Waals surface area contributed by atoms with Crippen molar-refractivity contribution in [1.82, 2.24) is 19.7 Å². The maximum atomic E-state index is 11.6. The van der Waals surface area contributed by atoms with Gasteiger partial charge in [-0.2, -0.15) is 5.10 Å². The van der Waals surface area contributed by atoms with Crippen LogP contribution in [0.1, 0.15) is 23.6 Å². The SMILES string of the molecule is C[C@@]1(O)C(O)C(CO)OC1n1nc(C(N)=O)c2c(NO)ncnc21. The number of amides is 1.